The molecule has 32 heavy (non-hydrogen) atoms. The predicted octanol–water partition coefficient (Wildman–Crippen LogP) is 3.59. The van der Waals surface area contributed by atoms with Crippen molar-refractivity contribution < 1.29 is 18.8 Å². The second-order valence-corrected chi connectivity index (χ2v) is 8.18. The molecule has 3 amide bonds. The van der Waals surface area contributed by atoms with Gasteiger partial charge in [0.05, 0.1) is 15.9 Å². The molecule has 2 aromatic carbocycles. The van der Waals surface area contributed by atoms with Crippen molar-refractivity contribution in [1.29, 1.82) is 0 Å². The number of hydrogen-bond donors (Lipinski definition) is 1. The summed E-state index contributed by atoms with van der Waals surface area (Å²) in [5, 5.41) is 2.37. The van der Waals surface area contributed by atoms with E-state index in [1.165, 1.54) is 24.3 Å². The van der Waals surface area contributed by atoms with Gasteiger partial charge >= 0.3 is 0 Å². The molecule has 164 valence electrons. The number of carbonyl (C=O) groups excluding carboxylic acids is 3. The van der Waals surface area contributed by atoms with Crippen LogP contribution >= 0.6 is 11.8 Å². The Balaban J connectivity index is 1.35. The van der Waals surface area contributed by atoms with Gasteiger partial charge < -0.3 is 9.88 Å². The largest absolute Gasteiger partial charge is 0.353 e. The predicted molar refractivity (Wildman–Crippen MR) is 121 cm³/mol. The van der Waals surface area contributed by atoms with Gasteiger partial charge in [-0.25, -0.2) is 9.37 Å². The highest BCUT2D eigenvalue weighted by atomic mass is 32.2. The van der Waals surface area contributed by atoms with E-state index in [1.807, 2.05) is 35.8 Å². The van der Waals surface area contributed by atoms with E-state index in [-0.39, 0.29) is 36.3 Å². The van der Waals surface area contributed by atoms with Crippen molar-refractivity contribution >= 4 is 45.9 Å². The molecule has 0 aliphatic carbocycles. The van der Waals surface area contributed by atoms with Gasteiger partial charge in [0, 0.05) is 19.5 Å². The molecule has 0 unspecified atom stereocenters. The lowest BCUT2D eigenvalue weighted by Gasteiger charge is -2.14. The van der Waals surface area contributed by atoms with Crippen molar-refractivity contribution in [1.82, 2.24) is 19.8 Å². The number of hydrogen-bond acceptors (Lipinski definition) is 5. The Morgan fingerprint density at radius 3 is 2.66 bits per heavy atom. The Morgan fingerprint density at radius 2 is 1.91 bits per heavy atom. The third-order valence-corrected chi connectivity index (χ3v) is 5.96. The Labute approximate surface area is 188 Å². The van der Waals surface area contributed by atoms with Gasteiger partial charge in [0.1, 0.15) is 18.2 Å². The molecule has 1 aliphatic heterocycles. The first-order chi connectivity index (χ1) is 15.5. The maximum absolute atomic E-state index is 13.0. The fourth-order valence-electron chi connectivity index (χ4n) is 3.48. The number of aromatic nitrogens is 2. The molecule has 1 aliphatic rings. The first kappa shape index (κ1) is 21.8. The van der Waals surface area contributed by atoms with E-state index in [4.69, 9.17) is 0 Å². The monoisotopic (exact) mass is 452 g/mol. The van der Waals surface area contributed by atoms with Crippen LogP contribution in [0.2, 0.25) is 0 Å². The molecular formula is C23H21FN4O3S. The number of fused-ring (bicyclic) bond motifs is 1. The summed E-state index contributed by atoms with van der Waals surface area (Å²) in [6.07, 6.45) is 2.25. The van der Waals surface area contributed by atoms with E-state index < -0.39 is 11.1 Å². The number of benzene rings is 2. The van der Waals surface area contributed by atoms with Gasteiger partial charge in [-0.1, -0.05) is 31.2 Å². The number of halogens is 1. The van der Waals surface area contributed by atoms with Crippen LogP contribution in [0.25, 0.3) is 17.1 Å². The minimum atomic E-state index is -0.424. The van der Waals surface area contributed by atoms with Crippen LogP contribution in [0.5, 0.6) is 0 Å². The van der Waals surface area contributed by atoms with E-state index >= 15 is 0 Å². The van der Waals surface area contributed by atoms with Gasteiger partial charge in [-0.3, -0.25) is 19.3 Å². The lowest BCUT2D eigenvalue weighted by Crippen LogP contribution is -2.38. The molecule has 1 aromatic heterocycles. The van der Waals surface area contributed by atoms with E-state index in [0.717, 1.165) is 33.5 Å². The van der Waals surface area contributed by atoms with Crippen molar-refractivity contribution in [3.8, 4) is 0 Å². The average molecular weight is 453 g/mol. The lowest BCUT2D eigenvalue weighted by molar-refractivity contribution is -0.124. The van der Waals surface area contributed by atoms with Crippen molar-refractivity contribution in [3.05, 3.63) is 70.6 Å². The van der Waals surface area contributed by atoms with Crippen molar-refractivity contribution in [2.24, 2.45) is 0 Å². The number of imidazole rings is 1. The highest BCUT2D eigenvalue weighted by Crippen LogP contribution is 2.31. The minimum absolute atomic E-state index is 0.0719. The third kappa shape index (κ3) is 4.57. The van der Waals surface area contributed by atoms with Gasteiger partial charge in [0.25, 0.3) is 11.1 Å². The number of imide groups is 1. The first-order valence-electron chi connectivity index (χ1n) is 10.2. The zero-order chi connectivity index (χ0) is 22.7. The minimum Gasteiger partial charge on any atom is -0.353 e. The number of nitrogens with one attached hydrogen (secondary N) is 1. The van der Waals surface area contributed by atoms with Gasteiger partial charge in [-0.2, -0.15) is 0 Å². The highest BCUT2D eigenvalue weighted by Gasteiger charge is 2.34. The molecule has 1 N–H and O–H groups in total. The summed E-state index contributed by atoms with van der Waals surface area (Å²) in [7, 11) is 0. The van der Waals surface area contributed by atoms with Crippen LogP contribution in [-0.4, -0.2) is 44.6 Å². The van der Waals surface area contributed by atoms with E-state index in [0.29, 0.717) is 12.0 Å². The zero-order valence-electron chi connectivity index (χ0n) is 17.4. The van der Waals surface area contributed by atoms with Crippen molar-refractivity contribution in [2.45, 2.75) is 19.9 Å². The van der Waals surface area contributed by atoms with E-state index in [1.54, 1.807) is 6.08 Å². The molecule has 7 nitrogen and oxygen atoms in total. The molecule has 2 heterocycles. The van der Waals surface area contributed by atoms with Crippen LogP contribution in [0.15, 0.2) is 53.4 Å². The standard InChI is InChI=1S/C23H21FN4O3S/c1-2-20-26-17-5-3-4-6-18(17)28(20)14-21(29)25-11-12-27-22(30)19(32-23(27)31)13-15-7-9-16(24)10-8-15/h3-10,13H,2,11-12,14H2,1H3,(H,25,29)/b19-13+. The summed E-state index contributed by atoms with van der Waals surface area (Å²) >= 11 is 0.829. The fourth-order valence-corrected chi connectivity index (χ4v) is 4.35. The summed E-state index contributed by atoms with van der Waals surface area (Å²) in [6, 6.07) is 13.3. The maximum Gasteiger partial charge on any atom is 0.293 e. The molecule has 0 saturated carbocycles. The number of amides is 3. The Hall–Kier alpha value is -3.46. The van der Waals surface area contributed by atoms with Gasteiger partial charge in [0.2, 0.25) is 5.91 Å². The van der Waals surface area contributed by atoms with Gasteiger partial charge in [-0.05, 0) is 47.7 Å². The molecule has 1 fully saturated rings. The molecule has 3 aromatic rings. The molecule has 0 bridgehead atoms. The Kier molecular flexibility index (Phi) is 6.36. The SMILES string of the molecule is CCc1nc2ccccc2n1CC(=O)NCCN1C(=O)S/C(=C/c2ccc(F)cc2)C1=O. The second kappa shape index (κ2) is 9.35. The van der Waals surface area contributed by atoms with Crippen molar-refractivity contribution in [3.63, 3.8) is 0 Å². The molecule has 0 radical (unpaired) electrons. The van der Waals surface area contributed by atoms with Crippen LogP contribution < -0.4 is 5.32 Å². The fraction of sp³-hybridized carbons (Fsp3) is 0.217. The smallest absolute Gasteiger partial charge is 0.293 e. The van der Waals surface area contributed by atoms with Crippen LogP contribution in [0.1, 0.15) is 18.3 Å². The summed E-state index contributed by atoms with van der Waals surface area (Å²) in [5.41, 5.74) is 2.35. The first-order valence-corrected chi connectivity index (χ1v) is 11.0. The number of rotatable bonds is 7. The summed E-state index contributed by atoms with van der Waals surface area (Å²) in [6.45, 7) is 2.31. The Morgan fingerprint density at radius 1 is 1.16 bits per heavy atom. The molecular weight excluding hydrogens is 431 g/mol. The number of para-hydroxylation sites is 2. The van der Waals surface area contributed by atoms with E-state index in [2.05, 4.69) is 10.3 Å². The zero-order valence-corrected chi connectivity index (χ0v) is 18.2. The molecule has 9 heteroatoms. The number of aryl methyl sites for hydroxylation is 1. The number of carbonyl (C=O) groups is 3. The van der Waals surface area contributed by atoms with Crippen LogP contribution in [-0.2, 0) is 22.6 Å². The molecule has 0 spiro atoms. The lowest BCUT2D eigenvalue weighted by atomic mass is 10.2. The summed E-state index contributed by atoms with van der Waals surface area (Å²) in [4.78, 5) is 43.2. The van der Waals surface area contributed by atoms with Crippen LogP contribution in [0.4, 0.5) is 9.18 Å². The van der Waals surface area contributed by atoms with Gasteiger partial charge in [-0.15, -0.1) is 0 Å². The Bertz CT molecular complexity index is 1220. The number of nitrogens with zero attached hydrogens (tertiary/aromatic N) is 3. The number of thioether (sulfide) groups is 1. The quantitative estimate of drug-likeness (QED) is 0.554. The summed E-state index contributed by atoms with van der Waals surface area (Å²) < 4.78 is 14.9. The molecule has 0 atom stereocenters. The van der Waals surface area contributed by atoms with Crippen LogP contribution in [0, 0.1) is 5.82 Å². The molecule has 4 rings (SSSR count). The van der Waals surface area contributed by atoms with E-state index in [9.17, 15) is 18.8 Å². The second-order valence-electron chi connectivity index (χ2n) is 7.19. The van der Waals surface area contributed by atoms with Gasteiger partial charge in [0.15, 0.2) is 0 Å². The normalized spacial score (nSPS) is 15.2. The highest BCUT2D eigenvalue weighted by molar-refractivity contribution is 8.18. The molecule has 1 saturated heterocycles. The maximum atomic E-state index is 13.0. The van der Waals surface area contributed by atoms with Crippen molar-refractivity contribution in [2.75, 3.05) is 13.1 Å². The summed E-state index contributed by atoms with van der Waals surface area (Å²) in [5.74, 6) is -0.205. The topological polar surface area (TPSA) is 84.3 Å². The average Bonchev–Trinajstić information content (AvgIpc) is 3.27. The third-order valence-electron chi connectivity index (χ3n) is 5.05. The van der Waals surface area contributed by atoms with Crippen LogP contribution in [0.3, 0.4) is 0 Å².